The summed E-state index contributed by atoms with van der Waals surface area (Å²) in [7, 11) is 0. The number of carbonyl (C=O) groups is 2. The molecular formula is C31H28FNO5. The molecule has 0 spiro atoms. The van der Waals surface area contributed by atoms with Crippen LogP contribution in [0.3, 0.4) is 0 Å². The van der Waals surface area contributed by atoms with Crippen LogP contribution in [0.2, 0.25) is 0 Å². The lowest BCUT2D eigenvalue weighted by Gasteiger charge is -2.32. The average molecular weight is 514 g/mol. The van der Waals surface area contributed by atoms with E-state index in [0.717, 1.165) is 11.1 Å². The third kappa shape index (κ3) is 7.05. The molecule has 4 rings (SSSR count). The maximum atomic E-state index is 13.9. The summed E-state index contributed by atoms with van der Waals surface area (Å²) in [6.07, 6.45) is 0.338. The molecule has 2 N–H and O–H groups in total. The fourth-order valence-electron chi connectivity index (χ4n) is 4.18. The Morgan fingerprint density at radius 2 is 1.42 bits per heavy atom. The summed E-state index contributed by atoms with van der Waals surface area (Å²) < 4.78 is 19.5. The molecule has 0 aliphatic heterocycles. The second-order valence-electron chi connectivity index (χ2n) is 9.38. The highest BCUT2D eigenvalue weighted by atomic mass is 19.1. The largest absolute Gasteiger partial charge is 0.478 e. The van der Waals surface area contributed by atoms with Crippen LogP contribution >= 0.6 is 0 Å². The third-order valence-corrected chi connectivity index (χ3v) is 5.99. The van der Waals surface area contributed by atoms with E-state index in [1.165, 1.54) is 29.2 Å². The quantitative estimate of drug-likeness (QED) is 0.274. The number of aliphatic hydroxyl groups is 1. The Balaban J connectivity index is 1.55. The fourth-order valence-corrected chi connectivity index (χ4v) is 4.18. The number of para-hydroxylation sites is 1. The standard InChI is InChI=1S/C31H28FNO5/c1-31(37,19-22-7-3-2-4-8-22)21-33(20-23-11-13-25(14-12-23)30(35)36)29(34)24-15-17-26(18-16-24)38-28-10-6-5-9-27(28)32/h2-18,37H,19-21H2,1H3,(H,35,36). The molecule has 1 amide bonds. The van der Waals surface area contributed by atoms with Gasteiger partial charge in [0.25, 0.3) is 5.91 Å². The van der Waals surface area contributed by atoms with Crippen LogP contribution in [0.25, 0.3) is 0 Å². The SMILES string of the molecule is CC(O)(Cc1ccccc1)CN(Cc1ccc(C(=O)O)cc1)C(=O)c1ccc(Oc2ccccc2F)cc1. The van der Waals surface area contributed by atoms with Crippen LogP contribution in [0, 0.1) is 5.82 Å². The molecule has 0 fully saturated rings. The highest BCUT2D eigenvalue weighted by Crippen LogP contribution is 2.25. The van der Waals surface area contributed by atoms with Crippen LogP contribution in [0.4, 0.5) is 4.39 Å². The van der Waals surface area contributed by atoms with Crippen molar-refractivity contribution in [2.75, 3.05) is 6.54 Å². The predicted octanol–water partition coefficient (Wildman–Crippen LogP) is 5.95. The Labute approximate surface area is 220 Å². The molecule has 0 bridgehead atoms. The first-order chi connectivity index (χ1) is 18.2. The maximum absolute atomic E-state index is 13.9. The van der Waals surface area contributed by atoms with E-state index < -0.39 is 17.4 Å². The third-order valence-electron chi connectivity index (χ3n) is 5.99. The van der Waals surface area contributed by atoms with Crippen LogP contribution in [0.1, 0.15) is 38.8 Å². The van der Waals surface area contributed by atoms with Gasteiger partial charge < -0.3 is 19.8 Å². The molecule has 7 heteroatoms. The smallest absolute Gasteiger partial charge is 0.335 e. The number of carbonyl (C=O) groups excluding carboxylic acids is 1. The molecule has 0 aliphatic rings. The molecule has 4 aromatic rings. The van der Waals surface area contributed by atoms with Gasteiger partial charge >= 0.3 is 5.97 Å². The number of hydrogen-bond donors (Lipinski definition) is 2. The minimum atomic E-state index is -1.23. The van der Waals surface area contributed by atoms with Crippen molar-refractivity contribution in [1.82, 2.24) is 4.90 Å². The van der Waals surface area contributed by atoms with Crippen LogP contribution < -0.4 is 4.74 Å². The van der Waals surface area contributed by atoms with Crippen LogP contribution in [0.5, 0.6) is 11.5 Å². The minimum absolute atomic E-state index is 0.0366. The molecule has 0 aromatic heterocycles. The maximum Gasteiger partial charge on any atom is 0.335 e. The topological polar surface area (TPSA) is 87.1 Å². The molecule has 0 aliphatic carbocycles. The van der Waals surface area contributed by atoms with E-state index in [1.807, 2.05) is 30.3 Å². The van der Waals surface area contributed by atoms with E-state index in [4.69, 9.17) is 4.74 Å². The van der Waals surface area contributed by atoms with Gasteiger partial charge in [0.05, 0.1) is 17.7 Å². The zero-order valence-corrected chi connectivity index (χ0v) is 20.9. The molecule has 0 saturated heterocycles. The molecule has 38 heavy (non-hydrogen) atoms. The second-order valence-corrected chi connectivity index (χ2v) is 9.38. The van der Waals surface area contributed by atoms with Gasteiger partial charge in [-0.3, -0.25) is 4.79 Å². The Hall–Kier alpha value is -4.49. The van der Waals surface area contributed by atoms with Crippen molar-refractivity contribution in [2.24, 2.45) is 0 Å². The minimum Gasteiger partial charge on any atom is -0.478 e. The van der Waals surface area contributed by atoms with E-state index in [9.17, 15) is 24.2 Å². The van der Waals surface area contributed by atoms with E-state index in [1.54, 1.807) is 55.5 Å². The van der Waals surface area contributed by atoms with Gasteiger partial charge in [0, 0.05) is 18.5 Å². The van der Waals surface area contributed by atoms with E-state index >= 15 is 0 Å². The van der Waals surface area contributed by atoms with Gasteiger partial charge in [-0.15, -0.1) is 0 Å². The lowest BCUT2D eigenvalue weighted by Crippen LogP contribution is -2.45. The van der Waals surface area contributed by atoms with Crippen LogP contribution in [-0.2, 0) is 13.0 Å². The van der Waals surface area contributed by atoms with Gasteiger partial charge in [-0.1, -0.05) is 54.6 Å². The van der Waals surface area contributed by atoms with Crippen LogP contribution in [-0.4, -0.2) is 39.1 Å². The number of amides is 1. The summed E-state index contributed by atoms with van der Waals surface area (Å²) in [6, 6.07) is 28.2. The zero-order valence-electron chi connectivity index (χ0n) is 20.9. The number of halogens is 1. The summed E-state index contributed by atoms with van der Waals surface area (Å²) in [5, 5.41) is 20.4. The first-order valence-corrected chi connectivity index (χ1v) is 12.1. The number of ether oxygens (including phenoxy) is 1. The van der Waals surface area contributed by atoms with Crippen molar-refractivity contribution in [1.29, 1.82) is 0 Å². The van der Waals surface area contributed by atoms with Gasteiger partial charge in [0.2, 0.25) is 0 Å². The van der Waals surface area contributed by atoms with E-state index in [2.05, 4.69) is 0 Å². The number of benzene rings is 4. The summed E-state index contributed by atoms with van der Waals surface area (Å²) >= 11 is 0. The number of nitrogens with zero attached hydrogens (tertiary/aromatic N) is 1. The van der Waals surface area contributed by atoms with E-state index in [-0.39, 0.29) is 30.3 Å². The Bertz CT molecular complexity index is 1390. The lowest BCUT2D eigenvalue weighted by atomic mass is 9.95. The van der Waals surface area contributed by atoms with E-state index in [0.29, 0.717) is 17.7 Å². The first-order valence-electron chi connectivity index (χ1n) is 12.1. The van der Waals surface area contributed by atoms with Crippen LogP contribution in [0.15, 0.2) is 103 Å². The number of rotatable bonds is 10. The molecule has 6 nitrogen and oxygen atoms in total. The number of carboxylic acids is 1. The molecule has 1 unspecified atom stereocenters. The molecule has 4 aromatic carbocycles. The lowest BCUT2D eigenvalue weighted by molar-refractivity contribution is 0.0162. The van der Waals surface area contributed by atoms with Gasteiger partial charge in [-0.25, -0.2) is 9.18 Å². The molecule has 0 heterocycles. The monoisotopic (exact) mass is 513 g/mol. The molecular weight excluding hydrogens is 485 g/mol. The normalized spacial score (nSPS) is 12.4. The van der Waals surface area contributed by atoms with Crippen molar-refractivity contribution in [2.45, 2.75) is 25.5 Å². The summed E-state index contributed by atoms with van der Waals surface area (Å²) in [5.41, 5.74) is 0.937. The second kappa shape index (κ2) is 11.7. The van der Waals surface area contributed by atoms with Gasteiger partial charge in [0.1, 0.15) is 5.75 Å². The van der Waals surface area contributed by atoms with Crippen molar-refractivity contribution in [3.8, 4) is 11.5 Å². The van der Waals surface area contributed by atoms with Gasteiger partial charge in [0.15, 0.2) is 11.6 Å². The van der Waals surface area contributed by atoms with Crippen molar-refractivity contribution in [3.63, 3.8) is 0 Å². The van der Waals surface area contributed by atoms with Gasteiger partial charge in [-0.05, 0) is 66.6 Å². The molecule has 1 atom stereocenters. The molecule has 0 saturated carbocycles. The Kier molecular flexibility index (Phi) is 8.19. The van der Waals surface area contributed by atoms with Crippen molar-refractivity contribution < 1.29 is 28.9 Å². The summed E-state index contributed by atoms with van der Waals surface area (Å²) in [4.78, 5) is 26.4. The highest BCUT2D eigenvalue weighted by Gasteiger charge is 2.28. The zero-order chi connectivity index (χ0) is 27.1. The highest BCUT2D eigenvalue weighted by molar-refractivity contribution is 5.94. The van der Waals surface area contributed by atoms with Crippen molar-refractivity contribution >= 4 is 11.9 Å². The van der Waals surface area contributed by atoms with Gasteiger partial charge in [-0.2, -0.15) is 0 Å². The Morgan fingerprint density at radius 1 is 0.816 bits per heavy atom. The predicted molar refractivity (Wildman–Crippen MR) is 142 cm³/mol. The molecule has 0 radical (unpaired) electrons. The fraction of sp³-hybridized carbons (Fsp3) is 0.161. The van der Waals surface area contributed by atoms with Crippen molar-refractivity contribution in [3.05, 3.63) is 131 Å². The average Bonchev–Trinajstić information content (AvgIpc) is 2.90. The first kappa shape index (κ1) is 26.6. The summed E-state index contributed by atoms with van der Waals surface area (Å²) in [5.74, 6) is -1.40. The molecule has 194 valence electrons. The number of hydrogen-bond acceptors (Lipinski definition) is 4. The summed E-state index contributed by atoms with van der Waals surface area (Å²) in [6.45, 7) is 1.88. The number of aromatic carboxylic acids is 1. The number of carboxylic acid groups (broad SMARTS) is 1. The Morgan fingerprint density at radius 3 is 2.05 bits per heavy atom.